The molecular formula is C9H14ClFN2O. The van der Waals surface area contributed by atoms with Crippen LogP contribution in [0.25, 0.3) is 0 Å². The van der Waals surface area contributed by atoms with Crippen molar-refractivity contribution in [3.63, 3.8) is 0 Å². The van der Waals surface area contributed by atoms with Crippen LogP contribution in [0.5, 0.6) is 0 Å². The maximum absolute atomic E-state index is 12.0. The lowest BCUT2D eigenvalue weighted by molar-refractivity contribution is 0.0632. The monoisotopic (exact) mass is 220 g/mol. The Hall–Kier alpha value is -0.610. The third kappa shape index (κ3) is 3.27. The molecule has 14 heavy (non-hydrogen) atoms. The number of aryl methyl sites for hydroxylation is 1. The minimum atomic E-state index is -0.442. The predicted molar refractivity (Wildman–Crippen MR) is 53.1 cm³/mol. The zero-order valence-electron chi connectivity index (χ0n) is 8.33. The van der Waals surface area contributed by atoms with Crippen LogP contribution >= 0.6 is 11.6 Å². The predicted octanol–water partition coefficient (Wildman–Crippen LogP) is 2.43. The lowest BCUT2D eigenvalue weighted by Gasteiger charge is -2.04. The Balaban J connectivity index is 2.58. The molecule has 0 atom stereocenters. The van der Waals surface area contributed by atoms with Gasteiger partial charge in [0.2, 0.25) is 0 Å². The second-order valence-electron chi connectivity index (χ2n) is 3.24. The first kappa shape index (κ1) is 11.5. The van der Waals surface area contributed by atoms with Gasteiger partial charge in [-0.05, 0) is 13.8 Å². The fourth-order valence-corrected chi connectivity index (χ4v) is 1.19. The Bertz CT molecular complexity index is 288. The molecule has 0 aliphatic rings. The summed E-state index contributed by atoms with van der Waals surface area (Å²) in [5.41, 5.74) is 0.661. The zero-order valence-corrected chi connectivity index (χ0v) is 9.09. The van der Waals surface area contributed by atoms with Crippen LogP contribution in [0.15, 0.2) is 6.20 Å². The molecule has 0 aromatic carbocycles. The summed E-state index contributed by atoms with van der Waals surface area (Å²) in [6, 6.07) is 0. The normalized spacial score (nSPS) is 11.2. The van der Waals surface area contributed by atoms with Crippen LogP contribution in [0.3, 0.4) is 0 Å². The van der Waals surface area contributed by atoms with Gasteiger partial charge in [-0.1, -0.05) is 11.6 Å². The number of nitrogens with zero attached hydrogens (tertiary/aromatic N) is 2. The van der Waals surface area contributed by atoms with Crippen molar-refractivity contribution in [1.82, 2.24) is 9.78 Å². The maximum atomic E-state index is 12.0. The minimum Gasteiger partial charge on any atom is -0.372 e. The molecule has 5 heteroatoms. The van der Waals surface area contributed by atoms with E-state index in [9.17, 15) is 4.39 Å². The summed E-state index contributed by atoms with van der Waals surface area (Å²) in [5, 5.41) is 4.62. The van der Waals surface area contributed by atoms with Gasteiger partial charge in [-0.3, -0.25) is 4.68 Å². The van der Waals surface area contributed by atoms with Crippen LogP contribution in [0, 0.1) is 0 Å². The second-order valence-corrected chi connectivity index (χ2v) is 3.64. The van der Waals surface area contributed by atoms with E-state index in [4.69, 9.17) is 16.3 Å². The lowest BCUT2D eigenvalue weighted by atomic mass is 10.4. The second kappa shape index (κ2) is 5.32. The first-order chi connectivity index (χ1) is 6.63. The van der Waals surface area contributed by atoms with E-state index in [1.165, 1.54) is 4.68 Å². The molecule has 0 aliphatic heterocycles. The highest BCUT2D eigenvalue weighted by Gasteiger charge is 2.07. The molecule has 0 aliphatic carbocycles. The standard InChI is InChI=1S/C9H14ClFN2O/c1-7(2)14-6-9-8(10)5-13(12-9)4-3-11/h5,7H,3-4,6H2,1-2H3. The largest absolute Gasteiger partial charge is 0.372 e. The fourth-order valence-electron chi connectivity index (χ4n) is 0.982. The van der Waals surface area contributed by atoms with Gasteiger partial charge >= 0.3 is 0 Å². The number of aromatic nitrogens is 2. The SMILES string of the molecule is CC(C)OCc1nn(CCF)cc1Cl. The molecule has 0 saturated carbocycles. The Morgan fingerprint density at radius 1 is 1.64 bits per heavy atom. The van der Waals surface area contributed by atoms with Crippen molar-refractivity contribution in [1.29, 1.82) is 0 Å². The molecule has 3 nitrogen and oxygen atoms in total. The van der Waals surface area contributed by atoms with Crippen molar-refractivity contribution in [2.24, 2.45) is 0 Å². The number of alkyl halides is 1. The molecule has 1 rings (SSSR count). The molecule has 0 unspecified atom stereocenters. The molecule has 0 bridgehead atoms. The Morgan fingerprint density at radius 3 is 2.93 bits per heavy atom. The first-order valence-corrected chi connectivity index (χ1v) is 4.90. The highest BCUT2D eigenvalue weighted by molar-refractivity contribution is 6.31. The van der Waals surface area contributed by atoms with Crippen molar-refractivity contribution < 1.29 is 9.13 Å². The van der Waals surface area contributed by atoms with Crippen LogP contribution in [-0.4, -0.2) is 22.6 Å². The van der Waals surface area contributed by atoms with Gasteiger partial charge in [-0.2, -0.15) is 5.10 Å². The van der Waals surface area contributed by atoms with E-state index in [1.54, 1.807) is 6.20 Å². The highest BCUT2D eigenvalue weighted by atomic mass is 35.5. The Kier molecular flexibility index (Phi) is 4.35. The van der Waals surface area contributed by atoms with E-state index in [2.05, 4.69) is 5.10 Å². The smallest absolute Gasteiger partial charge is 0.109 e. The molecule has 0 radical (unpaired) electrons. The fraction of sp³-hybridized carbons (Fsp3) is 0.667. The van der Waals surface area contributed by atoms with Crippen LogP contribution in [0.4, 0.5) is 4.39 Å². The van der Waals surface area contributed by atoms with E-state index >= 15 is 0 Å². The summed E-state index contributed by atoms with van der Waals surface area (Å²) >= 11 is 5.88. The molecule has 0 amide bonds. The number of hydrogen-bond acceptors (Lipinski definition) is 2. The number of ether oxygens (including phenoxy) is 1. The molecule has 0 N–H and O–H groups in total. The van der Waals surface area contributed by atoms with Gasteiger partial charge in [0, 0.05) is 6.20 Å². The van der Waals surface area contributed by atoms with Gasteiger partial charge < -0.3 is 4.74 Å². The van der Waals surface area contributed by atoms with Crippen molar-refractivity contribution in [2.75, 3.05) is 6.67 Å². The molecule has 1 heterocycles. The Labute approximate surface area is 87.8 Å². The number of rotatable bonds is 5. The molecule has 1 aromatic heterocycles. The van der Waals surface area contributed by atoms with Crippen LogP contribution in [0.1, 0.15) is 19.5 Å². The van der Waals surface area contributed by atoms with Crippen molar-refractivity contribution in [3.05, 3.63) is 16.9 Å². The third-order valence-corrected chi connectivity index (χ3v) is 1.97. The summed E-state index contributed by atoms with van der Waals surface area (Å²) in [4.78, 5) is 0. The molecule has 0 fully saturated rings. The first-order valence-electron chi connectivity index (χ1n) is 4.53. The number of halogens is 2. The van der Waals surface area contributed by atoms with Gasteiger partial charge in [0.1, 0.15) is 12.4 Å². The molecule has 80 valence electrons. The van der Waals surface area contributed by atoms with Gasteiger partial charge in [-0.15, -0.1) is 0 Å². The van der Waals surface area contributed by atoms with Gasteiger partial charge in [0.15, 0.2) is 0 Å². The van der Waals surface area contributed by atoms with Gasteiger partial charge in [0.25, 0.3) is 0 Å². The topological polar surface area (TPSA) is 27.1 Å². The van der Waals surface area contributed by atoms with E-state index in [0.717, 1.165) is 0 Å². The van der Waals surface area contributed by atoms with Crippen molar-refractivity contribution >= 4 is 11.6 Å². The molecule has 0 spiro atoms. The van der Waals surface area contributed by atoms with E-state index in [0.29, 0.717) is 17.3 Å². The molecule has 1 aromatic rings. The average molecular weight is 221 g/mol. The van der Waals surface area contributed by atoms with Crippen molar-refractivity contribution in [3.8, 4) is 0 Å². The van der Waals surface area contributed by atoms with Gasteiger partial charge in [-0.25, -0.2) is 4.39 Å². The van der Waals surface area contributed by atoms with E-state index < -0.39 is 6.67 Å². The summed E-state index contributed by atoms with van der Waals surface area (Å²) in [6.07, 6.45) is 1.75. The van der Waals surface area contributed by atoms with Gasteiger partial charge in [0.05, 0.1) is 24.3 Å². The average Bonchev–Trinajstić information content (AvgIpc) is 2.44. The van der Waals surface area contributed by atoms with E-state index in [1.807, 2.05) is 13.8 Å². The Morgan fingerprint density at radius 2 is 2.36 bits per heavy atom. The van der Waals surface area contributed by atoms with E-state index in [-0.39, 0.29) is 12.6 Å². The van der Waals surface area contributed by atoms with Crippen LogP contribution < -0.4 is 0 Å². The molecule has 0 saturated heterocycles. The lowest BCUT2D eigenvalue weighted by Crippen LogP contribution is -2.05. The quantitative estimate of drug-likeness (QED) is 0.762. The van der Waals surface area contributed by atoms with Crippen LogP contribution in [0.2, 0.25) is 5.02 Å². The maximum Gasteiger partial charge on any atom is 0.109 e. The summed E-state index contributed by atoms with van der Waals surface area (Å²) in [6.45, 7) is 4.04. The number of hydrogen-bond donors (Lipinski definition) is 0. The van der Waals surface area contributed by atoms with Crippen LogP contribution in [-0.2, 0) is 17.9 Å². The molecular weight excluding hydrogens is 207 g/mol. The summed E-state index contributed by atoms with van der Waals surface area (Å²) in [5.74, 6) is 0. The zero-order chi connectivity index (χ0) is 10.6. The summed E-state index contributed by atoms with van der Waals surface area (Å²) < 4.78 is 18.8. The summed E-state index contributed by atoms with van der Waals surface area (Å²) in [7, 11) is 0. The minimum absolute atomic E-state index is 0.136. The highest BCUT2D eigenvalue weighted by Crippen LogP contribution is 2.15. The third-order valence-electron chi connectivity index (χ3n) is 1.65. The van der Waals surface area contributed by atoms with Crippen molar-refractivity contribution in [2.45, 2.75) is 33.1 Å².